The van der Waals surface area contributed by atoms with Gasteiger partial charge in [0.15, 0.2) is 0 Å². The summed E-state index contributed by atoms with van der Waals surface area (Å²) in [6.45, 7) is 3.45. The third-order valence-corrected chi connectivity index (χ3v) is 3.54. The largest absolute Gasteiger partial charge is 0.480 e. The predicted octanol–water partition coefficient (Wildman–Crippen LogP) is 2.30. The molecule has 0 saturated heterocycles. The van der Waals surface area contributed by atoms with Gasteiger partial charge < -0.3 is 14.6 Å². The number of ether oxygens (including phenoxy) is 1. The lowest BCUT2D eigenvalue weighted by atomic mass is 10.4. The number of hydrogen-bond acceptors (Lipinski definition) is 6. The van der Waals surface area contributed by atoms with E-state index in [0.717, 1.165) is 23.3 Å². The first kappa shape index (κ1) is 14.5. The highest BCUT2D eigenvalue weighted by atomic mass is 35.5. The highest BCUT2D eigenvalue weighted by molar-refractivity contribution is 6.29. The van der Waals surface area contributed by atoms with Crippen LogP contribution in [0.15, 0.2) is 24.8 Å². The van der Waals surface area contributed by atoms with Gasteiger partial charge in [0.1, 0.15) is 29.3 Å². The number of fused-ring (bicyclic) bond motifs is 1. The average molecular weight is 319 g/mol. The van der Waals surface area contributed by atoms with E-state index in [1.807, 2.05) is 13.0 Å². The molecule has 0 radical (unpaired) electrons. The van der Waals surface area contributed by atoms with Gasteiger partial charge in [-0.1, -0.05) is 11.6 Å². The van der Waals surface area contributed by atoms with Gasteiger partial charge in [0.25, 0.3) is 0 Å². The van der Waals surface area contributed by atoms with E-state index in [9.17, 15) is 0 Å². The van der Waals surface area contributed by atoms with Crippen molar-refractivity contribution in [1.82, 2.24) is 24.5 Å². The van der Waals surface area contributed by atoms with Crippen LogP contribution in [0.1, 0.15) is 5.69 Å². The van der Waals surface area contributed by atoms with Gasteiger partial charge in [-0.3, -0.25) is 0 Å². The molecule has 0 aliphatic heterocycles. The van der Waals surface area contributed by atoms with Crippen LogP contribution < -0.4 is 10.1 Å². The van der Waals surface area contributed by atoms with Crippen LogP contribution in [0.5, 0.6) is 5.88 Å². The first-order valence-electron chi connectivity index (χ1n) is 6.75. The standard InChI is InChI=1S/C14H15ClN6O/c1-9-5-10-13(19-8-20-14(10)22-2)21(9)4-3-16-12-6-11(15)17-7-18-12/h5-8H,3-4H2,1-2H3,(H,16,17,18). The smallest absolute Gasteiger partial charge is 0.225 e. The molecule has 0 bridgehead atoms. The van der Waals surface area contributed by atoms with E-state index < -0.39 is 0 Å². The lowest BCUT2D eigenvalue weighted by molar-refractivity contribution is 0.402. The Morgan fingerprint density at radius 3 is 2.77 bits per heavy atom. The Bertz CT molecular complexity index is 803. The zero-order chi connectivity index (χ0) is 15.5. The number of rotatable bonds is 5. The molecule has 0 aromatic carbocycles. The fraction of sp³-hybridized carbons (Fsp3) is 0.286. The SMILES string of the molecule is COc1ncnc2c1cc(C)n2CCNc1cc(Cl)ncn1. The molecule has 1 N–H and O–H groups in total. The lowest BCUT2D eigenvalue weighted by Gasteiger charge is -2.09. The summed E-state index contributed by atoms with van der Waals surface area (Å²) < 4.78 is 7.38. The maximum absolute atomic E-state index is 5.83. The minimum absolute atomic E-state index is 0.414. The van der Waals surface area contributed by atoms with Crippen molar-refractivity contribution in [3.63, 3.8) is 0 Å². The fourth-order valence-electron chi connectivity index (χ4n) is 2.34. The van der Waals surface area contributed by atoms with E-state index in [2.05, 4.69) is 29.8 Å². The molecule has 3 heterocycles. The Morgan fingerprint density at radius 1 is 1.18 bits per heavy atom. The number of halogens is 1. The molecule has 7 nitrogen and oxygen atoms in total. The second-order valence-corrected chi connectivity index (χ2v) is 5.10. The van der Waals surface area contributed by atoms with Crippen molar-refractivity contribution in [2.24, 2.45) is 0 Å². The van der Waals surface area contributed by atoms with E-state index >= 15 is 0 Å². The molecule has 0 saturated carbocycles. The van der Waals surface area contributed by atoms with Crippen molar-refractivity contribution in [2.75, 3.05) is 19.0 Å². The van der Waals surface area contributed by atoms with Crippen LogP contribution in [0.25, 0.3) is 11.0 Å². The van der Waals surface area contributed by atoms with E-state index in [1.54, 1.807) is 13.2 Å². The van der Waals surface area contributed by atoms with Crippen molar-refractivity contribution in [2.45, 2.75) is 13.5 Å². The summed E-state index contributed by atoms with van der Waals surface area (Å²) in [6, 6.07) is 3.71. The molecule has 0 atom stereocenters. The quantitative estimate of drug-likeness (QED) is 0.727. The summed E-state index contributed by atoms with van der Waals surface area (Å²) in [4.78, 5) is 16.4. The van der Waals surface area contributed by atoms with Crippen LogP contribution >= 0.6 is 11.6 Å². The highest BCUT2D eigenvalue weighted by Crippen LogP contribution is 2.24. The van der Waals surface area contributed by atoms with Gasteiger partial charge in [-0.05, 0) is 13.0 Å². The first-order valence-corrected chi connectivity index (χ1v) is 7.13. The number of aromatic nitrogens is 5. The van der Waals surface area contributed by atoms with Gasteiger partial charge in [-0.25, -0.2) is 19.9 Å². The van der Waals surface area contributed by atoms with Crippen molar-refractivity contribution in [3.05, 3.63) is 35.6 Å². The van der Waals surface area contributed by atoms with E-state index in [-0.39, 0.29) is 0 Å². The Morgan fingerprint density at radius 2 is 2.00 bits per heavy atom. The fourth-order valence-corrected chi connectivity index (χ4v) is 2.48. The number of hydrogen-bond donors (Lipinski definition) is 1. The van der Waals surface area contributed by atoms with E-state index in [0.29, 0.717) is 23.4 Å². The molecule has 3 aromatic heterocycles. The molecular formula is C14H15ClN6O. The van der Waals surface area contributed by atoms with Crippen molar-refractivity contribution >= 4 is 28.5 Å². The summed E-state index contributed by atoms with van der Waals surface area (Å²) in [6.07, 6.45) is 2.94. The zero-order valence-corrected chi connectivity index (χ0v) is 13.0. The molecule has 3 aromatic rings. The van der Waals surface area contributed by atoms with Gasteiger partial charge in [0.2, 0.25) is 5.88 Å². The Labute approximate surface area is 132 Å². The Balaban J connectivity index is 1.78. The van der Waals surface area contributed by atoms with Crippen molar-refractivity contribution < 1.29 is 4.74 Å². The number of anilines is 1. The van der Waals surface area contributed by atoms with Crippen molar-refractivity contribution in [3.8, 4) is 5.88 Å². The van der Waals surface area contributed by atoms with Crippen LogP contribution in [0.4, 0.5) is 5.82 Å². The molecule has 0 unspecified atom stereocenters. The van der Waals surface area contributed by atoms with Crippen LogP contribution in [0.2, 0.25) is 5.15 Å². The Hall–Kier alpha value is -2.41. The number of nitrogens with zero attached hydrogens (tertiary/aromatic N) is 5. The lowest BCUT2D eigenvalue weighted by Crippen LogP contribution is -2.12. The number of methoxy groups -OCH3 is 1. The third-order valence-electron chi connectivity index (χ3n) is 3.33. The summed E-state index contributed by atoms with van der Waals surface area (Å²) in [5.74, 6) is 1.28. The summed E-state index contributed by atoms with van der Waals surface area (Å²) >= 11 is 5.83. The maximum atomic E-state index is 5.83. The summed E-state index contributed by atoms with van der Waals surface area (Å²) in [7, 11) is 1.61. The van der Waals surface area contributed by atoms with Crippen LogP contribution in [-0.4, -0.2) is 38.2 Å². The molecule has 22 heavy (non-hydrogen) atoms. The van der Waals surface area contributed by atoms with E-state index in [1.165, 1.54) is 12.7 Å². The zero-order valence-electron chi connectivity index (χ0n) is 12.2. The molecule has 0 aliphatic rings. The molecule has 0 amide bonds. The molecular weight excluding hydrogens is 304 g/mol. The number of nitrogens with one attached hydrogen (secondary N) is 1. The second-order valence-electron chi connectivity index (χ2n) is 4.71. The predicted molar refractivity (Wildman–Crippen MR) is 84.3 cm³/mol. The maximum Gasteiger partial charge on any atom is 0.225 e. The van der Waals surface area contributed by atoms with E-state index in [4.69, 9.17) is 16.3 Å². The van der Waals surface area contributed by atoms with Crippen LogP contribution in [-0.2, 0) is 6.54 Å². The molecule has 0 spiro atoms. The normalized spacial score (nSPS) is 10.9. The second kappa shape index (κ2) is 6.15. The summed E-state index contributed by atoms with van der Waals surface area (Å²) in [5.41, 5.74) is 1.95. The molecule has 114 valence electrons. The minimum Gasteiger partial charge on any atom is -0.480 e. The minimum atomic E-state index is 0.414. The van der Waals surface area contributed by atoms with Gasteiger partial charge in [0.05, 0.1) is 12.5 Å². The first-order chi connectivity index (χ1) is 10.7. The van der Waals surface area contributed by atoms with Gasteiger partial charge >= 0.3 is 0 Å². The third kappa shape index (κ3) is 2.80. The van der Waals surface area contributed by atoms with Gasteiger partial charge in [0, 0.05) is 24.8 Å². The number of aryl methyl sites for hydroxylation is 1. The molecule has 3 rings (SSSR count). The van der Waals surface area contributed by atoms with Crippen molar-refractivity contribution in [1.29, 1.82) is 0 Å². The van der Waals surface area contributed by atoms with Gasteiger partial charge in [-0.15, -0.1) is 0 Å². The highest BCUT2D eigenvalue weighted by Gasteiger charge is 2.11. The van der Waals surface area contributed by atoms with Crippen LogP contribution in [0.3, 0.4) is 0 Å². The monoisotopic (exact) mass is 318 g/mol. The Kier molecular flexibility index (Phi) is 4.06. The molecule has 8 heteroatoms. The van der Waals surface area contributed by atoms with Crippen LogP contribution in [0, 0.1) is 6.92 Å². The average Bonchev–Trinajstić information content (AvgIpc) is 2.83. The molecule has 0 fully saturated rings. The topological polar surface area (TPSA) is 77.8 Å². The van der Waals surface area contributed by atoms with Gasteiger partial charge in [-0.2, -0.15) is 0 Å². The molecule has 0 aliphatic carbocycles. The summed E-state index contributed by atoms with van der Waals surface area (Å²) in [5, 5.41) is 4.54.